The number of hydrogen-bond donors (Lipinski definition) is 2. The van der Waals surface area contributed by atoms with Gasteiger partial charge in [0.1, 0.15) is 5.57 Å². The lowest BCUT2D eigenvalue weighted by molar-refractivity contribution is -0.123. The SMILES string of the molecule is CCN1c2cc(C)c(C=C3C(=O)NC(=O)NC3=O)cc2[C@H](C)CC1(C)C. The Balaban J connectivity index is 2.08. The Bertz CT molecular complexity index is 817. The number of barbiturate groups is 1. The molecule has 2 aliphatic heterocycles. The third-order valence-corrected chi connectivity index (χ3v) is 5.33. The van der Waals surface area contributed by atoms with Crippen LogP contribution < -0.4 is 15.5 Å². The first-order valence-electron chi connectivity index (χ1n) is 8.94. The molecule has 0 aliphatic carbocycles. The first-order valence-corrected chi connectivity index (χ1v) is 8.94. The van der Waals surface area contributed by atoms with Gasteiger partial charge in [-0.15, -0.1) is 0 Å². The number of nitrogens with one attached hydrogen (secondary N) is 2. The Morgan fingerprint density at radius 1 is 1.19 bits per heavy atom. The van der Waals surface area contributed by atoms with Crippen LogP contribution in [0.25, 0.3) is 6.08 Å². The van der Waals surface area contributed by atoms with Crippen LogP contribution in [-0.2, 0) is 9.59 Å². The van der Waals surface area contributed by atoms with Gasteiger partial charge in [0.15, 0.2) is 0 Å². The Morgan fingerprint density at radius 2 is 1.81 bits per heavy atom. The Hall–Kier alpha value is -2.63. The molecule has 1 aromatic carbocycles. The summed E-state index contributed by atoms with van der Waals surface area (Å²) in [6.45, 7) is 11.8. The van der Waals surface area contributed by atoms with Gasteiger partial charge in [-0.1, -0.05) is 6.92 Å². The lowest BCUT2D eigenvalue weighted by Gasteiger charge is -2.47. The zero-order chi connectivity index (χ0) is 19.2. The Labute approximate surface area is 153 Å². The van der Waals surface area contributed by atoms with Crippen LogP contribution in [0.4, 0.5) is 10.5 Å². The molecular weight excluding hydrogens is 330 g/mol. The summed E-state index contributed by atoms with van der Waals surface area (Å²) in [4.78, 5) is 37.6. The summed E-state index contributed by atoms with van der Waals surface area (Å²) in [5.74, 6) is -0.961. The smallest absolute Gasteiger partial charge is 0.328 e. The predicted octanol–water partition coefficient (Wildman–Crippen LogP) is 2.86. The molecule has 0 radical (unpaired) electrons. The van der Waals surface area contributed by atoms with Crippen molar-refractivity contribution in [2.24, 2.45) is 0 Å². The van der Waals surface area contributed by atoms with Gasteiger partial charge in [0.2, 0.25) is 0 Å². The van der Waals surface area contributed by atoms with E-state index >= 15 is 0 Å². The molecule has 2 heterocycles. The van der Waals surface area contributed by atoms with Crippen LogP contribution in [0, 0.1) is 6.92 Å². The molecule has 3 rings (SSSR count). The maximum absolute atomic E-state index is 12.0. The summed E-state index contributed by atoms with van der Waals surface area (Å²) in [6, 6.07) is 3.41. The van der Waals surface area contributed by atoms with Gasteiger partial charge < -0.3 is 4.90 Å². The molecule has 6 heteroatoms. The molecule has 2 aliphatic rings. The average molecular weight is 355 g/mol. The minimum absolute atomic E-state index is 0.0520. The van der Waals surface area contributed by atoms with Crippen molar-refractivity contribution in [3.8, 4) is 0 Å². The van der Waals surface area contributed by atoms with E-state index in [9.17, 15) is 14.4 Å². The number of anilines is 1. The Morgan fingerprint density at radius 3 is 2.38 bits per heavy atom. The van der Waals surface area contributed by atoms with E-state index in [0.717, 1.165) is 24.1 Å². The first kappa shape index (κ1) is 18.2. The molecule has 0 unspecified atom stereocenters. The van der Waals surface area contributed by atoms with Gasteiger partial charge in [-0.3, -0.25) is 20.2 Å². The van der Waals surface area contributed by atoms with E-state index in [0.29, 0.717) is 5.92 Å². The highest BCUT2D eigenvalue weighted by Gasteiger charge is 2.36. The lowest BCUT2D eigenvalue weighted by Crippen LogP contribution is -2.51. The maximum atomic E-state index is 12.0. The van der Waals surface area contributed by atoms with Crippen molar-refractivity contribution in [1.82, 2.24) is 10.6 Å². The molecule has 0 saturated carbocycles. The number of urea groups is 1. The second-order valence-electron chi connectivity index (χ2n) is 7.72. The number of nitrogens with zero attached hydrogens (tertiary/aromatic N) is 1. The highest BCUT2D eigenvalue weighted by Crippen LogP contribution is 2.44. The molecule has 1 atom stereocenters. The van der Waals surface area contributed by atoms with E-state index in [1.54, 1.807) is 6.08 Å². The van der Waals surface area contributed by atoms with Crippen molar-refractivity contribution < 1.29 is 14.4 Å². The van der Waals surface area contributed by atoms with Gasteiger partial charge >= 0.3 is 6.03 Å². The zero-order valence-corrected chi connectivity index (χ0v) is 15.9. The second kappa shape index (κ2) is 6.27. The molecule has 1 saturated heterocycles. The summed E-state index contributed by atoms with van der Waals surface area (Å²) in [7, 11) is 0. The molecule has 2 N–H and O–H groups in total. The standard InChI is InChI=1S/C20H25N3O3/c1-6-23-16-7-11(2)13(8-14(16)12(3)10-20(23,4)5)9-15-17(24)21-19(26)22-18(15)25/h7-9,12H,6,10H2,1-5H3,(H2,21,22,24,25,26)/t12-/m1/s1. The number of fused-ring (bicyclic) bond motifs is 1. The monoisotopic (exact) mass is 355 g/mol. The van der Waals surface area contributed by atoms with Crippen molar-refractivity contribution in [3.05, 3.63) is 34.4 Å². The van der Waals surface area contributed by atoms with E-state index in [1.165, 1.54) is 11.3 Å². The Kier molecular flexibility index (Phi) is 4.38. The van der Waals surface area contributed by atoms with Crippen LogP contribution in [0.15, 0.2) is 17.7 Å². The quantitative estimate of drug-likeness (QED) is 0.632. The molecular formula is C20H25N3O3. The van der Waals surface area contributed by atoms with Gasteiger partial charge in [0, 0.05) is 17.8 Å². The molecule has 6 nitrogen and oxygen atoms in total. The minimum atomic E-state index is -0.784. The third-order valence-electron chi connectivity index (χ3n) is 5.33. The van der Waals surface area contributed by atoms with E-state index in [4.69, 9.17) is 0 Å². The summed E-state index contributed by atoms with van der Waals surface area (Å²) in [6.07, 6.45) is 2.60. The van der Waals surface area contributed by atoms with Gasteiger partial charge in [-0.25, -0.2) is 4.79 Å². The topological polar surface area (TPSA) is 78.5 Å². The summed E-state index contributed by atoms with van der Waals surface area (Å²) in [5.41, 5.74) is 4.26. The van der Waals surface area contributed by atoms with Crippen LogP contribution in [0.1, 0.15) is 56.7 Å². The minimum Gasteiger partial charge on any atom is -0.366 e. The van der Waals surface area contributed by atoms with Crippen LogP contribution in [0.2, 0.25) is 0 Å². The lowest BCUT2D eigenvalue weighted by atomic mass is 9.79. The summed E-state index contributed by atoms with van der Waals surface area (Å²) in [5, 5.41) is 4.22. The fraction of sp³-hybridized carbons (Fsp3) is 0.450. The van der Waals surface area contributed by atoms with E-state index in [1.807, 2.05) is 6.92 Å². The number of hydrogen-bond acceptors (Lipinski definition) is 4. The molecule has 4 amide bonds. The van der Waals surface area contributed by atoms with E-state index < -0.39 is 17.8 Å². The number of carbonyl (C=O) groups is 3. The summed E-state index contributed by atoms with van der Waals surface area (Å²) < 4.78 is 0. The molecule has 1 fully saturated rings. The molecule has 0 spiro atoms. The highest BCUT2D eigenvalue weighted by molar-refractivity contribution is 6.31. The number of amides is 4. The van der Waals surface area contributed by atoms with E-state index in [2.05, 4.69) is 55.4 Å². The average Bonchev–Trinajstić information content (AvgIpc) is 2.51. The highest BCUT2D eigenvalue weighted by atomic mass is 16.2. The van der Waals surface area contributed by atoms with Gasteiger partial charge in [0.05, 0.1) is 0 Å². The largest absolute Gasteiger partial charge is 0.366 e. The molecule has 26 heavy (non-hydrogen) atoms. The van der Waals surface area contributed by atoms with Crippen molar-refractivity contribution in [1.29, 1.82) is 0 Å². The number of imide groups is 2. The van der Waals surface area contributed by atoms with Crippen LogP contribution in [-0.4, -0.2) is 29.9 Å². The van der Waals surface area contributed by atoms with Crippen LogP contribution >= 0.6 is 0 Å². The number of rotatable bonds is 2. The van der Waals surface area contributed by atoms with Crippen molar-refractivity contribution >= 4 is 29.6 Å². The van der Waals surface area contributed by atoms with Crippen molar-refractivity contribution in [3.63, 3.8) is 0 Å². The number of aryl methyl sites for hydroxylation is 1. The van der Waals surface area contributed by atoms with Crippen molar-refractivity contribution in [2.45, 2.75) is 52.5 Å². The second-order valence-corrected chi connectivity index (χ2v) is 7.72. The van der Waals surface area contributed by atoms with Crippen LogP contribution in [0.5, 0.6) is 0 Å². The van der Waals surface area contributed by atoms with Gasteiger partial charge in [-0.05, 0) is 74.9 Å². The number of benzene rings is 1. The predicted molar refractivity (Wildman–Crippen MR) is 101 cm³/mol. The van der Waals surface area contributed by atoms with Gasteiger partial charge in [-0.2, -0.15) is 0 Å². The fourth-order valence-electron chi connectivity index (χ4n) is 4.17. The van der Waals surface area contributed by atoms with Crippen molar-refractivity contribution in [2.75, 3.05) is 11.4 Å². The summed E-state index contributed by atoms with van der Waals surface area (Å²) >= 11 is 0. The van der Waals surface area contributed by atoms with Crippen LogP contribution in [0.3, 0.4) is 0 Å². The van der Waals surface area contributed by atoms with Gasteiger partial charge in [0.25, 0.3) is 11.8 Å². The molecule has 0 bridgehead atoms. The number of carbonyl (C=O) groups excluding carboxylic acids is 3. The first-order chi connectivity index (χ1) is 12.1. The fourth-order valence-corrected chi connectivity index (χ4v) is 4.17. The molecule has 0 aromatic heterocycles. The van der Waals surface area contributed by atoms with E-state index in [-0.39, 0.29) is 11.1 Å². The third kappa shape index (κ3) is 3.00. The maximum Gasteiger partial charge on any atom is 0.328 e. The normalized spacial score (nSPS) is 21.9. The zero-order valence-electron chi connectivity index (χ0n) is 15.9. The molecule has 138 valence electrons. The molecule has 1 aromatic rings.